The van der Waals surface area contributed by atoms with Gasteiger partial charge in [-0.05, 0) is 143 Å². The van der Waals surface area contributed by atoms with Crippen molar-refractivity contribution in [3.8, 4) is 11.5 Å². The fourth-order valence-electron chi connectivity index (χ4n) is 7.78. The van der Waals surface area contributed by atoms with E-state index in [4.69, 9.17) is 0 Å². The standard InChI is InChI=1S/C43H58O6/c1-27(2)13-11-15-31(9)16-18-33-26-42(23-20-29(5)6)38(47)36(37(46)32-17-19-34(44)35(45)25-32)39(48)43(40(42)49,24-21-30(7)8)41(33,10)22-12-14-28(3)4/h13-14,16-17,19-21,25,33,44-46H,11-12,15,18,22-24,26H2,1-10H3/b31-16+,37-36+/t33-,41+,42-,43+/m0/s1. The van der Waals surface area contributed by atoms with Crippen molar-refractivity contribution < 1.29 is 29.7 Å². The van der Waals surface area contributed by atoms with Crippen LogP contribution in [0.2, 0.25) is 0 Å². The Balaban J connectivity index is 2.44. The number of hydrogen-bond acceptors (Lipinski definition) is 6. The van der Waals surface area contributed by atoms with Crippen molar-refractivity contribution in [3.63, 3.8) is 0 Å². The predicted molar refractivity (Wildman–Crippen MR) is 199 cm³/mol. The number of fused-ring (bicyclic) bond motifs is 2. The van der Waals surface area contributed by atoms with Crippen LogP contribution in [-0.2, 0) is 14.4 Å². The van der Waals surface area contributed by atoms with Crippen LogP contribution in [0, 0.1) is 22.2 Å². The van der Waals surface area contributed by atoms with Gasteiger partial charge in [-0.3, -0.25) is 14.4 Å². The molecule has 0 aromatic heterocycles. The first-order chi connectivity index (χ1) is 22.8. The van der Waals surface area contributed by atoms with Gasteiger partial charge in [0.05, 0.1) is 5.41 Å². The molecule has 0 spiro atoms. The van der Waals surface area contributed by atoms with E-state index in [1.54, 1.807) is 0 Å². The van der Waals surface area contributed by atoms with Crippen molar-refractivity contribution in [1.29, 1.82) is 0 Å². The van der Waals surface area contributed by atoms with Crippen LogP contribution in [0.5, 0.6) is 11.5 Å². The van der Waals surface area contributed by atoms with Crippen molar-refractivity contribution in [2.45, 2.75) is 121 Å². The van der Waals surface area contributed by atoms with Gasteiger partial charge in [0.2, 0.25) is 0 Å². The first-order valence-electron chi connectivity index (χ1n) is 17.6. The molecule has 4 atom stereocenters. The summed E-state index contributed by atoms with van der Waals surface area (Å²) in [6.45, 7) is 20.1. The highest BCUT2D eigenvalue weighted by atomic mass is 16.3. The Kier molecular flexibility index (Phi) is 12.7. The number of ketones is 3. The lowest BCUT2D eigenvalue weighted by molar-refractivity contribution is -0.178. The van der Waals surface area contributed by atoms with E-state index in [0.717, 1.165) is 35.6 Å². The number of carbonyl (C=O) groups excluding carboxylic acids is 3. The number of allylic oxidation sites excluding steroid dienone is 11. The van der Waals surface area contributed by atoms with Crippen LogP contribution in [0.1, 0.15) is 126 Å². The third kappa shape index (κ3) is 7.95. The zero-order valence-corrected chi connectivity index (χ0v) is 31.4. The maximum Gasteiger partial charge on any atom is 0.184 e. The molecule has 2 bridgehead atoms. The summed E-state index contributed by atoms with van der Waals surface area (Å²) in [5, 5.41) is 32.0. The summed E-state index contributed by atoms with van der Waals surface area (Å²) in [7, 11) is 0. The second-order valence-electron chi connectivity index (χ2n) is 15.6. The molecule has 0 heterocycles. The second-order valence-corrected chi connectivity index (χ2v) is 15.6. The van der Waals surface area contributed by atoms with Gasteiger partial charge in [-0.1, -0.05) is 65.2 Å². The molecule has 0 aliphatic heterocycles. The summed E-state index contributed by atoms with van der Waals surface area (Å²) in [5.41, 5.74) is 1.11. The van der Waals surface area contributed by atoms with Crippen molar-refractivity contribution in [3.05, 3.63) is 87.6 Å². The minimum Gasteiger partial charge on any atom is -0.506 e. The van der Waals surface area contributed by atoms with Crippen LogP contribution in [-0.4, -0.2) is 32.7 Å². The van der Waals surface area contributed by atoms with Gasteiger partial charge < -0.3 is 15.3 Å². The van der Waals surface area contributed by atoms with E-state index >= 15 is 9.59 Å². The highest BCUT2D eigenvalue weighted by Crippen LogP contribution is 2.67. The van der Waals surface area contributed by atoms with Crippen molar-refractivity contribution in [2.75, 3.05) is 0 Å². The van der Waals surface area contributed by atoms with Crippen molar-refractivity contribution >= 4 is 23.1 Å². The highest BCUT2D eigenvalue weighted by molar-refractivity contribution is 6.41. The lowest BCUT2D eigenvalue weighted by Crippen LogP contribution is -2.70. The number of phenols is 2. The number of aliphatic hydroxyl groups excluding tert-OH is 1. The summed E-state index contributed by atoms with van der Waals surface area (Å²) in [5.74, 6) is -3.33. The molecular weight excluding hydrogens is 612 g/mol. The molecule has 0 radical (unpaired) electrons. The molecule has 1 aromatic carbocycles. The SMILES string of the molecule is CC(C)=CCC/C(C)=C/C[C@H]1C[C@@]2(CC=C(C)C)C(=O)/C(=C(\O)c3ccc(O)c(O)c3)C(=O)[C@](CC=C(C)C)(C2=O)[C@]1(C)CCC=C(C)C. The van der Waals surface area contributed by atoms with Crippen LogP contribution in [0.15, 0.2) is 82.0 Å². The fourth-order valence-corrected chi connectivity index (χ4v) is 7.78. The van der Waals surface area contributed by atoms with E-state index < -0.39 is 50.6 Å². The fraction of sp³-hybridized carbons (Fsp3) is 0.512. The molecule has 266 valence electrons. The Morgan fingerprint density at radius 3 is 1.90 bits per heavy atom. The second kappa shape index (κ2) is 15.7. The molecule has 3 rings (SSSR count). The lowest BCUT2D eigenvalue weighted by atomic mass is 9.37. The average Bonchev–Trinajstić information content (AvgIpc) is 3.00. The van der Waals surface area contributed by atoms with E-state index in [1.165, 1.54) is 23.3 Å². The van der Waals surface area contributed by atoms with Crippen molar-refractivity contribution in [2.24, 2.45) is 22.2 Å². The first kappa shape index (κ1) is 39.5. The maximum absolute atomic E-state index is 15.4. The Morgan fingerprint density at radius 2 is 1.33 bits per heavy atom. The van der Waals surface area contributed by atoms with Gasteiger partial charge in [-0.2, -0.15) is 0 Å². The number of aliphatic hydroxyl groups is 1. The number of aromatic hydroxyl groups is 2. The van der Waals surface area contributed by atoms with Gasteiger partial charge >= 0.3 is 0 Å². The monoisotopic (exact) mass is 670 g/mol. The summed E-state index contributed by atoms with van der Waals surface area (Å²) >= 11 is 0. The normalized spacial score (nSPS) is 26.2. The van der Waals surface area contributed by atoms with Crippen LogP contribution in [0.3, 0.4) is 0 Å². The molecule has 2 aliphatic rings. The van der Waals surface area contributed by atoms with Gasteiger partial charge in [-0.25, -0.2) is 0 Å². The maximum atomic E-state index is 15.4. The minimum absolute atomic E-state index is 0.0202. The smallest absolute Gasteiger partial charge is 0.184 e. The van der Waals surface area contributed by atoms with Crippen LogP contribution in [0.25, 0.3) is 5.76 Å². The third-order valence-corrected chi connectivity index (χ3v) is 10.8. The molecule has 6 heteroatoms. The van der Waals surface area contributed by atoms with Gasteiger partial charge in [-0.15, -0.1) is 0 Å². The van der Waals surface area contributed by atoms with E-state index in [9.17, 15) is 20.1 Å². The molecule has 2 saturated carbocycles. The molecule has 0 amide bonds. The number of benzene rings is 1. The molecule has 6 nitrogen and oxygen atoms in total. The van der Waals surface area contributed by atoms with E-state index in [1.807, 2.05) is 53.7 Å². The zero-order valence-electron chi connectivity index (χ0n) is 31.4. The summed E-state index contributed by atoms with van der Waals surface area (Å²) in [6.07, 6.45) is 14.6. The van der Waals surface area contributed by atoms with E-state index in [0.29, 0.717) is 19.3 Å². The minimum atomic E-state index is -1.63. The summed E-state index contributed by atoms with van der Waals surface area (Å²) < 4.78 is 0. The number of Topliss-reactive ketones (excluding diaryl/α,β-unsaturated/α-hetero) is 3. The van der Waals surface area contributed by atoms with Crippen LogP contribution in [0.4, 0.5) is 0 Å². The Hall–Kier alpha value is -3.93. The zero-order chi connectivity index (χ0) is 36.9. The molecule has 3 N–H and O–H groups in total. The summed E-state index contributed by atoms with van der Waals surface area (Å²) in [6, 6.07) is 3.69. The molecule has 0 unspecified atom stereocenters. The quantitative estimate of drug-likeness (QED) is 0.0481. The molecular formula is C43H58O6. The number of phenolic OH excluding ortho intramolecular Hbond substituents is 2. The van der Waals surface area contributed by atoms with Gasteiger partial charge in [0, 0.05) is 5.56 Å². The first-order valence-corrected chi connectivity index (χ1v) is 17.6. The Labute approximate surface area is 294 Å². The number of rotatable bonds is 13. The van der Waals surface area contributed by atoms with Crippen LogP contribution >= 0.6 is 0 Å². The van der Waals surface area contributed by atoms with Gasteiger partial charge in [0.25, 0.3) is 0 Å². The molecule has 0 saturated heterocycles. The highest BCUT2D eigenvalue weighted by Gasteiger charge is 2.74. The molecule has 1 aromatic rings. The number of hydrogen-bond donors (Lipinski definition) is 3. The predicted octanol–water partition coefficient (Wildman–Crippen LogP) is 10.6. The third-order valence-electron chi connectivity index (χ3n) is 10.8. The number of carbonyl (C=O) groups is 3. The average molecular weight is 671 g/mol. The molecule has 2 aliphatic carbocycles. The summed E-state index contributed by atoms with van der Waals surface area (Å²) in [4.78, 5) is 45.6. The molecule has 49 heavy (non-hydrogen) atoms. The van der Waals surface area contributed by atoms with Gasteiger partial charge in [0.1, 0.15) is 16.7 Å². The Morgan fingerprint density at radius 1 is 0.755 bits per heavy atom. The Bertz CT molecular complexity index is 1650. The van der Waals surface area contributed by atoms with Gasteiger partial charge in [0.15, 0.2) is 28.8 Å². The van der Waals surface area contributed by atoms with E-state index in [-0.39, 0.29) is 36.5 Å². The van der Waals surface area contributed by atoms with Crippen LogP contribution < -0.4 is 0 Å². The van der Waals surface area contributed by atoms with E-state index in [2.05, 4.69) is 45.9 Å². The largest absolute Gasteiger partial charge is 0.506 e. The molecule has 2 fully saturated rings. The lowest BCUT2D eigenvalue weighted by Gasteiger charge is -2.61. The topological polar surface area (TPSA) is 112 Å². The van der Waals surface area contributed by atoms with Crippen molar-refractivity contribution in [1.82, 2.24) is 0 Å².